The number of anilines is 3. The summed E-state index contributed by atoms with van der Waals surface area (Å²) >= 11 is 0. The van der Waals surface area contributed by atoms with E-state index in [0.717, 1.165) is 18.7 Å². The highest BCUT2D eigenvalue weighted by atomic mass is 16.5. The normalized spacial score (nSPS) is 12.2. The number of amides is 2. The molecular formula is C24H23N3O3. The van der Waals surface area contributed by atoms with Gasteiger partial charge in [0, 0.05) is 17.9 Å². The number of hydrogen-bond acceptors (Lipinski definition) is 4. The van der Waals surface area contributed by atoms with E-state index in [2.05, 4.69) is 21.6 Å². The van der Waals surface area contributed by atoms with Crippen LogP contribution >= 0.6 is 0 Å². The molecule has 0 spiro atoms. The summed E-state index contributed by atoms with van der Waals surface area (Å²) in [5.74, 6) is 0.267. The molecule has 4 rings (SSSR count). The van der Waals surface area contributed by atoms with Crippen LogP contribution in [0.2, 0.25) is 0 Å². The number of ether oxygens (including phenoxy) is 1. The fourth-order valence-corrected chi connectivity index (χ4v) is 3.60. The maximum atomic E-state index is 12.8. The summed E-state index contributed by atoms with van der Waals surface area (Å²) in [4.78, 5) is 27.5. The van der Waals surface area contributed by atoms with Crippen molar-refractivity contribution in [2.24, 2.45) is 0 Å². The molecule has 1 aliphatic rings. The van der Waals surface area contributed by atoms with Crippen molar-refractivity contribution in [2.75, 3.05) is 35.7 Å². The van der Waals surface area contributed by atoms with Gasteiger partial charge in [0.25, 0.3) is 5.91 Å². The number of hydrogen-bond donors (Lipinski definition) is 2. The van der Waals surface area contributed by atoms with E-state index >= 15 is 0 Å². The number of nitrogens with zero attached hydrogens (tertiary/aromatic N) is 1. The molecule has 3 aromatic rings. The molecular weight excluding hydrogens is 378 g/mol. The second-order valence-electron chi connectivity index (χ2n) is 7.08. The highest BCUT2D eigenvalue weighted by Gasteiger charge is 2.21. The lowest BCUT2D eigenvalue weighted by Crippen LogP contribution is -2.32. The third kappa shape index (κ3) is 4.27. The van der Waals surface area contributed by atoms with E-state index in [4.69, 9.17) is 4.74 Å². The molecule has 6 heteroatoms. The molecule has 1 heterocycles. The van der Waals surface area contributed by atoms with Crippen molar-refractivity contribution in [3.63, 3.8) is 0 Å². The summed E-state index contributed by atoms with van der Waals surface area (Å²) in [7, 11) is 1.59. The molecule has 152 valence electrons. The lowest BCUT2D eigenvalue weighted by atomic mass is 10.1. The Kier molecular flexibility index (Phi) is 5.66. The molecule has 3 aromatic carbocycles. The first-order valence-corrected chi connectivity index (χ1v) is 9.81. The molecule has 0 saturated carbocycles. The number of carbonyl (C=O) groups is 2. The summed E-state index contributed by atoms with van der Waals surface area (Å²) in [6, 6.07) is 22.2. The van der Waals surface area contributed by atoms with Crippen LogP contribution in [0.5, 0.6) is 5.75 Å². The Hall–Kier alpha value is -3.80. The fourth-order valence-electron chi connectivity index (χ4n) is 3.60. The molecule has 2 amide bonds. The smallest absolute Gasteiger partial charge is 0.257 e. The number of fused-ring (bicyclic) bond motifs is 1. The Morgan fingerprint density at radius 3 is 2.47 bits per heavy atom. The van der Waals surface area contributed by atoms with Crippen LogP contribution in [0.25, 0.3) is 0 Å². The van der Waals surface area contributed by atoms with Gasteiger partial charge in [-0.25, -0.2) is 0 Å². The Morgan fingerprint density at radius 2 is 1.67 bits per heavy atom. The van der Waals surface area contributed by atoms with Gasteiger partial charge in [0.2, 0.25) is 5.91 Å². The van der Waals surface area contributed by atoms with E-state index < -0.39 is 0 Å². The van der Waals surface area contributed by atoms with Crippen molar-refractivity contribution in [2.45, 2.75) is 6.42 Å². The van der Waals surface area contributed by atoms with E-state index in [1.807, 2.05) is 18.2 Å². The van der Waals surface area contributed by atoms with Gasteiger partial charge in [-0.05, 0) is 54.4 Å². The second-order valence-corrected chi connectivity index (χ2v) is 7.08. The first-order chi connectivity index (χ1) is 14.6. The van der Waals surface area contributed by atoms with E-state index in [-0.39, 0.29) is 18.4 Å². The average molecular weight is 401 g/mol. The van der Waals surface area contributed by atoms with Crippen molar-refractivity contribution in [1.29, 1.82) is 0 Å². The van der Waals surface area contributed by atoms with Crippen LogP contribution in [0.15, 0.2) is 72.8 Å². The maximum Gasteiger partial charge on any atom is 0.257 e. The van der Waals surface area contributed by atoms with E-state index in [9.17, 15) is 9.59 Å². The van der Waals surface area contributed by atoms with Crippen molar-refractivity contribution >= 4 is 28.9 Å². The summed E-state index contributed by atoms with van der Waals surface area (Å²) in [5, 5.41) is 5.74. The summed E-state index contributed by atoms with van der Waals surface area (Å²) in [6.07, 6.45) is 0.935. The molecule has 0 unspecified atom stereocenters. The Bertz CT molecular complexity index is 1060. The van der Waals surface area contributed by atoms with Gasteiger partial charge in [0.1, 0.15) is 5.75 Å². The molecule has 0 fully saturated rings. The largest absolute Gasteiger partial charge is 0.497 e. The van der Waals surface area contributed by atoms with Crippen LogP contribution in [0.3, 0.4) is 0 Å². The van der Waals surface area contributed by atoms with Gasteiger partial charge in [0.05, 0.1) is 24.9 Å². The predicted molar refractivity (Wildman–Crippen MR) is 118 cm³/mol. The molecule has 0 aromatic heterocycles. The fraction of sp³-hybridized carbons (Fsp3) is 0.167. The zero-order valence-electron chi connectivity index (χ0n) is 16.7. The minimum Gasteiger partial charge on any atom is -0.497 e. The molecule has 30 heavy (non-hydrogen) atoms. The highest BCUT2D eigenvalue weighted by molar-refractivity contribution is 6.10. The molecule has 0 saturated heterocycles. The first kappa shape index (κ1) is 19.5. The topological polar surface area (TPSA) is 70.7 Å². The minimum atomic E-state index is -0.289. The minimum absolute atomic E-state index is 0.156. The van der Waals surface area contributed by atoms with Gasteiger partial charge in [-0.1, -0.05) is 30.3 Å². The number of methoxy groups -OCH3 is 1. The lowest BCUT2D eigenvalue weighted by molar-refractivity contribution is -0.115. The van der Waals surface area contributed by atoms with Crippen LogP contribution in [0, 0.1) is 0 Å². The molecule has 1 aliphatic heterocycles. The van der Waals surface area contributed by atoms with Crippen molar-refractivity contribution < 1.29 is 14.3 Å². The zero-order chi connectivity index (χ0) is 20.9. The van der Waals surface area contributed by atoms with Crippen molar-refractivity contribution in [1.82, 2.24) is 0 Å². The van der Waals surface area contributed by atoms with Gasteiger partial charge < -0.3 is 20.3 Å². The average Bonchev–Trinajstić information content (AvgIpc) is 3.17. The Labute approximate surface area is 175 Å². The maximum absolute atomic E-state index is 12.8. The molecule has 0 aliphatic carbocycles. The number of para-hydroxylation sites is 2. The summed E-state index contributed by atoms with van der Waals surface area (Å²) < 4.78 is 5.13. The van der Waals surface area contributed by atoms with Crippen molar-refractivity contribution in [3.8, 4) is 5.75 Å². The van der Waals surface area contributed by atoms with Gasteiger partial charge in [-0.2, -0.15) is 0 Å². The van der Waals surface area contributed by atoms with Crippen LogP contribution < -0.4 is 20.3 Å². The quantitative estimate of drug-likeness (QED) is 0.656. The summed E-state index contributed by atoms with van der Waals surface area (Å²) in [6.45, 7) is 1.05. The van der Waals surface area contributed by atoms with Crippen LogP contribution in [0.1, 0.15) is 15.9 Å². The lowest BCUT2D eigenvalue weighted by Gasteiger charge is -2.19. The third-order valence-corrected chi connectivity index (χ3v) is 5.11. The highest BCUT2D eigenvalue weighted by Crippen LogP contribution is 2.27. The molecule has 2 N–H and O–H groups in total. The standard InChI is InChI=1S/C24H23N3O3/c1-30-19-12-10-18(11-13-19)25-24(29)20-7-3-4-8-21(20)26-23(28)16-27-15-14-17-6-2-5-9-22(17)27/h2-13H,14-16H2,1H3,(H,25,29)(H,26,28). The monoisotopic (exact) mass is 401 g/mol. The van der Waals surface area contributed by atoms with Gasteiger partial charge >= 0.3 is 0 Å². The SMILES string of the molecule is COc1ccc(NC(=O)c2ccccc2NC(=O)CN2CCc3ccccc32)cc1. The van der Waals surface area contributed by atoms with E-state index in [1.54, 1.807) is 55.6 Å². The molecule has 0 bridgehead atoms. The van der Waals surface area contributed by atoms with Crippen LogP contribution in [0.4, 0.5) is 17.1 Å². The van der Waals surface area contributed by atoms with Gasteiger partial charge in [0.15, 0.2) is 0 Å². The van der Waals surface area contributed by atoms with Crippen molar-refractivity contribution in [3.05, 3.63) is 83.9 Å². The third-order valence-electron chi connectivity index (χ3n) is 5.11. The Morgan fingerprint density at radius 1 is 0.933 bits per heavy atom. The molecule has 0 atom stereocenters. The van der Waals surface area contributed by atoms with Gasteiger partial charge in [-0.15, -0.1) is 0 Å². The number of carbonyl (C=O) groups excluding carboxylic acids is 2. The number of benzene rings is 3. The van der Waals surface area contributed by atoms with E-state index in [0.29, 0.717) is 22.7 Å². The molecule has 0 radical (unpaired) electrons. The van der Waals surface area contributed by atoms with Crippen LogP contribution in [-0.4, -0.2) is 32.0 Å². The number of rotatable bonds is 6. The van der Waals surface area contributed by atoms with E-state index in [1.165, 1.54) is 5.56 Å². The first-order valence-electron chi connectivity index (χ1n) is 9.81. The predicted octanol–water partition coefficient (Wildman–Crippen LogP) is 3.95. The summed E-state index contributed by atoms with van der Waals surface area (Å²) in [5.41, 5.74) is 3.89. The second kappa shape index (κ2) is 8.69. The Balaban J connectivity index is 1.44. The number of nitrogens with one attached hydrogen (secondary N) is 2. The van der Waals surface area contributed by atoms with Crippen LogP contribution in [-0.2, 0) is 11.2 Å². The molecule has 6 nitrogen and oxygen atoms in total. The zero-order valence-corrected chi connectivity index (χ0v) is 16.7. The van der Waals surface area contributed by atoms with Gasteiger partial charge in [-0.3, -0.25) is 9.59 Å².